The molecule has 0 saturated carbocycles. The number of hydrogen-bond donors (Lipinski definition) is 1. The Morgan fingerprint density at radius 1 is 0.975 bits per heavy atom. The molecule has 2 aliphatic rings. The lowest BCUT2D eigenvalue weighted by Gasteiger charge is -2.26. The molecule has 9 nitrogen and oxygen atoms in total. The maximum atomic E-state index is 13.5. The van der Waals surface area contributed by atoms with Gasteiger partial charge in [-0.05, 0) is 66.9 Å². The van der Waals surface area contributed by atoms with E-state index in [2.05, 4.69) is 11.9 Å². The molecule has 2 aliphatic heterocycles. The van der Waals surface area contributed by atoms with Crippen molar-refractivity contribution < 1.29 is 33.6 Å². The Kier molecular flexibility index (Phi) is 8.19. The number of likely N-dealkylation sites (tertiary alicyclic amines) is 1. The van der Waals surface area contributed by atoms with Gasteiger partial charge in [-0.1, -0.05) is 19.4 Å². The van der Waals surface area contributed by atoms with E-state index in [-0.39, 0.29) is 17.9 Å². The third-order valence-electron chi connectivity index (χ3n) is 6.80. The van der Waals surface area contributed by atoms with Gasteiger partial charge < -0.3 is 29.0 Å². The van der Waals surface area contributed by atoms with Crippen molar-refractivity contribution in [1.29, 1.82) is 0 Å². The van der Waals surface area contributed by atoms with Crippen LogP contribution in [0.4, 0.5) is 0 Å². The number of hydrogen-bond acceptors (Lipinski definition) is 8. The summed E-state index contributed by atoms with van der Waals surface area (Å²) in [4.78, 5) is 32.5. The van der Waals surface area contributed by atoms with E-state index in [1.807, 2.05) is 6.92 Å². The number of pyridine rings is 1. The van der Waals surface area contributed by atoms with Gasteiger partial charge in [-0.3, -0.25) is 14.6 Å². The molecule has 0 spiro atoms. The largest absolute Gasteiger partial charge is 0.507 e. The van der Waals surface area contributed by atoms with Gasteiger partial charge in [0.1, 0.15) is 19.0 Å². The van der Waals surface area contributed by atoms with Crippen molar-refractivity contribution in [2.75, 3.05) is 26.4 Å². The van der Waals surface area contributed by atoms with Crippen LogP contribution in [0.25, 0.3) is 5.76 Å². The van der Waals surface area contributed by atoms with Gasteiger partial charge in [0.05, 0.1) is 24.8 Å². The van der Waals surface area contributed by atoms with Gasteiger partial charge in [-0.25, -0.2) is 0 Å². The average Bonchev–Trinajstić information content (AvgIpc) is 3.23. The predicted octanol–water partition coefficient (Wildman–Crippen LogP) is 5.05. The number of aliphatic hydroxyl groups excluding tert-OH is 1. The lowest BCUT2D eigenvalue weighted by Crippen LogP contribution is -2.29. The summed E-state index contributed by atoms with van der Waals surface area (Å²) in [6.07, 6.45) is 5.15. The topological polar surface area (TPSA) is 107 Å². The van der Waals surface area contributed by atoms with Gasteiger partial charge >= 0.3 is 0 Å². The maximum absolute atomic E-state index is 13.5. The van der Waals surface area contributed by atoms with Crippen molar-refractivity contribution >= 4 is 17.4 Å². The minimum Gasteiger partial charge on any atom is -0.507 e. The Hall–Kier alpha value is -4.53. The zero-order valence-corrected chi connectivity index (χ0v) is 22.6. The van der Waals surface area contributed by atoms with Crippen LogP contribution < -0.4 is 18.9 Å². The van der Waals surface area contributed by atoms with E-state index in [9.17, 15) is 14.7 Å². The van der Waals surface area contributed by atoms with Crippen molar-refractivity contribution in [2.45, 2.75) is 39.3 Å². The molecule has 3 aromatic rings. The number of amides is 1. The zero-order chi connectivity index (χ0) is 28.1. The SMILES string of the molecule is CCCCOc1ccc([C@@H]2/C(=C(\O)c3ccc4c(c3)OCCO4)C(=O)C(=O)N2Cc2ccncc2)cc1OCC. The molecule has 1 aromatic heterocycles. The van der Waals surface area contributed by atoms with Gasteiger partial charge in [-0.15, -0.1) is 0 Å². The monoisotopic (exact) mass is 544 g/mol. The highest BCUT2D eigenvalue weighted by atomic mass is 16.6. The lowest BCUT2D eigenvalue weighted by atomic mass is 9.94. The molecule has 0 aliphatic carbocycles. The number of fused-ring (bicyclic) bond motifs is 1. The third-order valence-corrected chi connectivity index (χ3v) is 6.80. The van der Waals surface area contributed by atoms with E-state index in [0.29, 0.717) is 60.6 Å². The Balaban J connectivity index is 1.61. The molecule has 2 aromatic carbocycles. The van der Waals surface area contributed by atoms with Crippen LogP contribution >= 0.6 is 0 Å². The highest BCUT2D eigenvalue weighted by Crippen LogP contribution is 2.43. The Labute approximate surface area is 233 Å². The zero-order valence-electron chi connectivity index (χ0n) is 22.6. The summed E-state index contributed by atoms with van der Waals surface area (Å²) in [7, 11) is 0. The summed E-state index contributed by atoms with van der Waals surface area (Å²) >= 11 is 0. The summed E-state index contributed by atoms with van der Waals surface area (Å²) < 4.78 is 23.1. The molecule has 0 bridgehead atoms. The summed E-state index contributed by atoms with van der Waals surface area (Å²) in [5.41, 5.74) is 1.74. The smallest absolute Gasteiger partial charge is 0.295 e. The Morgan fingerprint density at radius 2 is 1.75 bits per heavy atom. The molecule has 1 saturated heterocycles. The highest BCUT2D eigenvalue weighted by molar-refractivity contribution is 6.46. The predicted molar refractivity (Wildman–Crippen MR) is 148 cm³/mol. The molecule has 208 valence electrons. The van der Waals surface area contributed by atoms with E-state index in [0.717, 1.165) is 18.4 Å². The van der Waals surface area contributed by atoms with E-state index < -0.39 is 17.7 Å². The number of benzene rings is 2. The molecule has 1 N–H and O–H groups in total. The Morgan fingerprint density at radius 3 is 2.50 bits per heavy atom. The summed E-state index contributed by atoms with van der Waals surface area (Å²) in [6.45, 7) is 5.86. The van der Waals surface area contributed by atoms with E-state index in [4.69, 9.17) is 18.9 Å². The second kappa shape index (κ2) is 12.1. The van der Waals surface area contributed by atoms with Gasteiger partial charge in [0.15, 0.2) is 23.0 Å². The molecule has 0 radical (unpaired) electrons. The second-order valence-electron chi connectivity index (χ2n) is 9.48. The van der Waals surface area contributed by atoms with Crippen LogP contribution in [0, 0.1) is 0 Å². The molecule has 1 fully saturated rings. The fraction of sp³-hybridized carbons (Fsp3) is 0.323. The highest BCUT2D eigenvalue weighted by Gasteiger charge is 2.46. The maximum Gasteiger partial charge on any atom is 0.295 e. The standard InChI is InChI=1S/C31H32N2O7/c1-3-5-14-38-23-8-6-21(17-25(23)37-4-2)28-27(29(34)22-7-9-24-26(18-22)40-16-15-39-24)30(35)31(36)33(28)19-20-10-12-32-13-11-20/h6-13,17-18,28,34H,3-5,14-16,19H2,1-2H3/b29-27+/t28-/m1/s1. The molecule has 1 atom stereocenters. The molecule has 9 heteroatoms. The average molecular weight is 545 g/mol. The first kappa shape index (κ1) is 27.1. The van der Waals surface area contributed by atoms with Crippen molar-refractivity contribution in [3.8, 4) is 23.0 Å². The van der Waals surface area contributed by atoms with Crippen LogP contribution in [-0.2, 0) is 16.1 Å². The van der Waals surface area contributed by atoms with E-state index >= 15 is 0 Å². The van der Waals surface area contributed by atoms with Gasteiger partial charge in [-0.2, -0.15) is 0 Å². The molecule has 0 unspecified atom stereocenters. The number of aliphatic hydroxyl groups is 1. The summed E-state index contributed by atoms with van der Waals surface area (Å²) in [5, 5.41) is 11.5. The third kappa shape index (κ3) is 5.45. The number of unbranched alkanes of at least 4 members (excludes halogenated alkanes) is 1. The van der Waals surface area contributed by atoms with Crippen molar-refractivity contribution in [3.05, 3.63) is 83.2 Å². The molecule has 1 amide bonds. The number of ether oxygens (including phenoxy) is 4. The van der Waals surface area contributed by atoms with Crippen LogP contribution in [0.15, 0.2) is 66.5 Å². The second-order valence-corrected chi connectivity index (χ2v) is 9.48. The molecule has 40 heavy (non-hydrogen) atoms. The van der Waals surface area contributed by atoms with Crippen LogP contribution in [0.1, 0.15) is 49.4 Å². The minimum absolute atomic E-state index is 0.0159. The van der Waals surface area contributed by atoms with E-state index in [1.165, 1.54) is 4.90 Å². The first-order valence-corrected chi connectivity index (χ1v) is 13.5. The number of aromatic nitrogens is 1. The number of carbonyl (C=O) groups is 2. The minimum atomic E-state index is -0.870. The summed E-state index contributed by atoms with van der Waals surface area (Å²) in [5.74, 6) is 0.332. The van der Waals surface area contributed by atoms with Crippen molar-refractivity contribution in [1.82, 2.24) is 9.88 Å². The van der Waals surface area contributed by atoms with Crippen LogP contribution in [0.5, 0.6) is 23.0 Å². The normalized spacial score (nSPS) is 17.6. The van der Waals surface area contributed by atoms with Crippen LogP contribution in [0.3, 0.4) is 0 Å². The first-order valence-electron chi connectivity index (χ1n) is 13.5. The fourth-order valence-electron chi connectivity index (χ4n) is 4.83. The number of carbonyl (C=O) groups excluding carboxylic acids is 2. The van der Waals surface area contributed by atoms with Crippen molar-refractivity contribution in [2.24, 2.45) is 0 Å². The van der Waals surface area contributed by atoms with E-state index in [1.54, 1.807) is 60.9 Å². The molecular weight excluding hydrogens is 512 g/mol. The fourth-order valence-corrected chi connectivity index (χ4v) is 4.83. The molecule has 3 heterocycles. The van der Waals surface area contributed by atoms with Gasteiger partial charge in [0, 0.05) is 24.5 Å². The van der Waals surface area contributed by atoms with Gasteiger partial charge in [0.25, 0.3) is 11.7 Å². The first-order chi connectivity index (χ1) is 19.5. The van der Waals surface area contributed by atoms with Crippen molar-refractivity contribution in [3.63, 3.8) is 0 Å². The number of ketones is 1. The number of Topliss-reactive ketones (excluding diaryl/α,β-unsaturated/α-hetero) is 1. The van der Waals surface area contributed by atoms with Crippen LogP contribution in [0.2, 0.25) is 0 Å². The number of rotatable bonds is 10. The van der Waals surface area contributed by atoms with Crippen LogP contribution in [-0.4, -0.2) is 53.1 Å². The quantitative estimate of drug-likeness (QED) is 0.164. The Bertz CT molecular complexity index is 1420. The molecular formula is C31H32N2O7. The lowest BCUT2D eigenvalue weighted by molar-refractivity contribution is -0.140. The summed E-state index contributed by atoms with van der Waals surface area (Å²) in [6, 6.07) is 13.0. The van der Waals surface area contributed by atoms with Gasteiger partial charge in [0.2, 0.25) is 0 Å². The molecule has 5 rings (SSSR count). The number of nitrogens with zero attached hydrogens (tertiary/aromatic N) is 2.